The molecule has 0 saturated heterocycles. The molecule has 1 unspecified atom stereocenters. The van der Waals surface area contributed by atoms with E-state index in [0.29, 0.717) is 11.1 Å². The summed E-state index contributed by atoms with van der Waals surface area (Å²) in [6.07, 6.45) is 0. The van der Waals surface area contributed by atoms with Gasteiger partial charge in [0.15, 0.2) is 0 Å². The molecule has 1 atom stereocenters. The van der Waals surface area contributed by atoms with E-state index in [2.05, 4.69) is 5.32 Å². The molecule has 98 valence electrons. The second-order valence-electron chi connectivity index (χ2n) is 4.27. The lowest BCUT2D eigenvalue weighted by Crippen LogP contribution is -2.27. The predicted molar refractivity (Wildman–Crippen MR) is 70.4 cm³/mol. The largest absolute Gasteiger partial charge is 0.508 e. The van der Waals surface area contributed by atoms with Crippen molar-refractivity contribution in [2.75, 3.05) is 0 Å². The number of nitrogens with one attached hydrogen (secondary N) is 1. The maximum Gasteiger partial charge on any atom is 0.251 e. The number of carbonyl (C=O) groups excluding carboxylic acids is 1. The number of rotatable bonds is 3. The Hall–Kier alpha value is -2.36. The lowest BCUT2D eigenvalue weighted by molar-refractivity contribution is 0.0939. The monoisotopic (exact) mass is 259 g/mol. The molecule has 2 N–H and O–H groups in total. The van der Waals surface area contributed by atoms with Gasteiger partial charge in [-0.1, -0.05) is 24.3 Å². The van der Waals surface area contributed by atoms with Gasteiger partial charge < -0.3 is 10.4 Å². The highest BCUT2D eigenvalue weighted by atomic mass is 19.1. The molecule has 2 aromatic carbocycles. The van der Waals surface area contributed by atoms with E-state index >= 15 is 0 Å². The van der Waals surface area contributed by atoms with Gasteiger partial charge in [-0.3, -0.25) is 4.79 Å². The Bertz CT molecular complexity index is 598. The molecule has 19 heavy (non-hydrogen) atoms. The summed E-state index contributed by atoms with van der Waals surface area (Å²) in [4.78, 5) is 11.9. The van der Waals surface area contributed by atoms with Crippen molar-refractivity contribution in [3.05, 3.63) is 65.5 Å². The SMILES string of the molecule is CC(NC(=O)c1cccc(O)c1)c1ccccc1F. The maximum absolute atomic E-state index is 13.6. The van der Waals surface area contributed by atoms with E-state index in [-0.39, 0.29) is 17.5 Å². The van der Waals surface area contributed by atoms with Gasteiger partial charge in [-0.05, 0) is 31.2 Å². The van der Waals surface area contributed by atoms with Crippen molar-refractivity contribution < 1.29 is 14.3 Å². The van der Waals surface area contributed by atoms with E-state index in [9.17, 15) is 14.3 Å². The summed E-state index contributed by atoms with van der Waals surface area (Å²) in [6, 6.07) is 11.9. The molecule has 0 bridgehead atoms. The predicted octanol–water partition coefficient (Wildman–Crippen LogP) is 3.02. The number of hydrogen-bond donors (Lipinski definition) is 2. The number of phenols is 1. The van der Waals surface area contributed by atoms with E-state index < -0.39 is 6.04 Å². The molecule has 0 aliphatic rings. The van der Waals surface area contributed by atoms with Gasteiger partial charge in [-0.2, -0.15) is 0 Å². The summed E-state index contributed by atoms with van der Waals surface area (Å²) in [5, 5.41) is 12.0. The molecule has 0 aromatic heterocycles. The van der Waals surface area contributed by atoms with Crippen LogP contribution in [0.4, 0.5) is 4.39 Å². The molecule has 4 heteroatoms. The number of benzene rings is 2. The van der Waals surface area contributed by atoms with E-state index in [1.54, 1.807) is 37.3 Å². The van der Waals surface area contributed by atoms with Crippen LogP contribution in [-0.2, 0) is 0 Å². The normalized spacial score (nSPS) is 11.9. The average Bonchev–Trinajstić information content (AvgIpc) is 2.39. The van der Waals surface area contributed by atoms with Crippen LogP contribution in [0.1, 0.15) is 28.9 Å². The van der Waals surface area contributed by atoms with E-state index in [1.165, 1.54) is 18.2 Å². The first-order chi connectivity index (χ1) is 9.08. The Morgan fingerprint density at radius 2 is 1.95 bits per heavy atom. The summed E-state index contributed by atoms with van der Waals surface area (Å²) in [7, 11) is 0. The number of halogens is 1. The number of amides is 1. The third-order valence-corrected chi connectivity index (χ3v) is 2.83. The summed E-state index contributed by atoms with van der Waals surface area (Å²) in [6.45, 7) is 1.71. The van der Waals surface area contributed by atoms with Gasteiger partial charge in [0.25, 0.3) is 5.91 Å². The fraction of sp³-hybridized carbons (Fsp3) is 0.133. The van der Waals surface area contributed by atoms with Crippen LogP contribution >= 0.6 is 0 Å². The topological polar surface area (TPSA) is 49.3 Å². The first kappa shape index (κ1) is 13.1. The van der Waals surface area contributed by atoms with Gasteiger partial charge in [0, 0.05) is 11.1 Å². The fourth-order valence-electron chi connectivity index (χ4n) is 1.83. The first-order valence-electron chi connectivity index (χ1n) is 5.92. The van der Waals surface area contributed by atoms with Crippen LogP contribution in [0.5, 0.6) is 5.75 Å². The highest BCUT2D eigenvalue weighted by molar-refractivity contribution is 5.94. The Morgan fingerprint density at radius 3 is 2.63 bits per heavy atom. The van der Waals surface area contributed by atoms with Crippen LogP contribution in [0, 0.1) is 5.82 Å². The molecule has 2 aromatic rings. The van der Waals surface area contributed by atoms with Gasteiger partial charge in [-0.25, -0.2) is 4.39 Å². The summed E-state index contributed by atoms with van der Waals surface area (Å²) in [5.41, 5.74) is 0.763. The molecular weight excluding hydrogens is 245 g/mol. The minimum atomic E-state index is -0.448. The van der Waals surface area contributed by atoms with Gasteiger partial charge in [-0.15, -0.1) is 0 Å². The summed E-state index contributed by atoms with van der Waals surface area (Å²) in [5.74, 6) is -0.691. The van der Waals surface area contributed by atoms with E-state index in [4.69, 9.17) is 0 Å². The number of hydrogen-bond acceptors (Lipinski definition) is 2. The van der Waals surface area contributed by atoms with Gasteiger partial charge in [0.2, 0.25) is 0 Å². The van der Waals surface area contributed by atoms with Gasteiger partial charge in [0.05, 0.1) is 6.04 Å². The molecule has 0 aliphatic heterocycles. The molecule has 0 radical (unpaired) electrons. The number of carbonyl (C=O) groups is 1. The van der Waals surface area contributed by atoms with E-state index in [1.807, 2.05) is 0 Å². The third-order valence-electron chi connectivity index (χ3n) is 2.83. The Balaban J connectivity index is 2.13. The molecule has 3 nitrogen and oxygen atoms in total. The second kappa shape index (κ2) is 5.52. The van der Waals surface area contributed by atoms with Crippen molar-refractivity contribution in [1.82, 2.24) is 5.32 Å². The molecule has 0 heterocycles. The molecule has 0 spiro atoms. The van der Waals surface area contributed by atoms with Crippen molar-refractivity contribution >= 4 is 5.91 Å². The standard InChI is InChI=1S/C15H14FNO2/c1-10(13-7-2-3-8-14(13)16)17-15(19)11-5-4-6-12(18)9-11/h2-10,18H,1H3,(H,17,19). The number of aromatic hydroxyl groups is 1. The molecule has 0 fully saturated rings. The fourth-order valence-corrected chi connectivity index (χ4v) is 1.83. The zero-order valence-electron chi connectivity index (χ0n) is 10.4. The minimum absolute atomic E-state index is 0.0196. The van der Waals surface area contributed by atoms with E-state index in [0.717, 1.165) is 0 Å². The van der Waals surface area contributed by atoms with Crippen LogP contribution in [0.3, 0.4) is 0 Å². The quantitative estimate of drug-likeness (QED) is 0.890. The Kier molecular flexibility index (Phi) is 3.80. The van der Waals surface area contributed by atoms with Gasteiger partial charge >= 0.3 is 0 Å². The zero-order valence-corrected chi connectivity index (χ0v) is 10.4. The Labute approximate surface area is 110 Å². The van der Waals surface area contributed by atoms with Crippen LogP contribution in [0.15, 0.2) is 48.5 Å². The summed E-state index contributed by atoms with van der Waals surface area (Å²) >= 11 is 0. The average molecular weight is 259 g/mol. The van der Waals surface area contributed by atoms with Crippen molar-refractivity contribution in [1.29, 1.82) is 0 Å². The van der Waals surface area contributed by atoms with Crippen LogP contribution in [-0.4, -0.2) is 11.0 Å². The lowest BCUT2D eigenvalue weighted by Gasteiger charge is -2.15. The molecule has 0 aliphatic carbocycles. The maximum atomic E-state index is 13.6. The first-order valence-corrected chi connectivity index (χ1v) is 5.92. The van der Waals surface area contributed by atoms with Crippen LogP contribution in [0.2, 0.25) is 0 Å². The second-order valence-corrected chi connectivity index (χ2v) is 4.27. The molecule has 1 amide bonds. The smallest absolute Gasteiger partial charge is 0.251 e. The molecule has 0 saturated carbocycles. The van der Waals surface area contributed by atoms with Crippen molar-refractivity contribution in [2.24, 2.45) is 0 Å². The minimum Gasteiger partial charge on any atom is -0.508 e. The number of phenolic OH excluding ortho intramolecular Hbond substituents is 1. The van der Waals surface area contributed by atoms with Gasteiger partial charge in [0.1, 0.15) is 11.6 Å². The highest BCUT2D eigenvalue weighted by Gasteiger charge is 2.14. The molecular formula is C15H14FNO2. The van der Waals surface area contributed by atoms with Crippen LogP contribution < -0.4 is 5.32 Å². The van der Waals surface area contributed by atoms with Crippen LogP contribution in [0.25, 0.3) is 0 Å². The Morgan fingerprint density at radius 1 is 1.21 bits per heavy atom. The highest BCUT2D eigenvalue weighted by Crippen LogP contribution is 2.17. The third kappa shape index (κ3) is 3.10. The van der Waals surface area contributed by atoms with Crippen molar-refractivity contribution in [3.8, 4) is 5.75 Å². The van der Waals surface area contributed by atoms with Crippen molar-refractivity contribution in [2.45, 2.75) is 13.0 Å². The zero-order chi connectivity index (χ0) is 13.8. The van der Waals surface area contributed by atoms with Crippen molar-refractivity contribution in [3.63, 3.8) is 0 Å². The molecule has 2 rings (SSSR count). The summed E-state index contributed by atoms with van der Waals surface area (Å²) < 4.78 is 13.6. The lowest BCUT2D eigenvalue weighted by atomic mass is 10.1.